The van der Waals surface area contributed by atoms with E-state index in [0.717, 1.165) is 23.6 Å². The first kappa shape index (κ1) is 11.9. The van der Waals surface area contributed by atoms with Gasteiger partial charge in [0.1, 0.15) is 0 Å². The summed E-state index contributed by atoms with van der Waals surface area (Å²) >= 11 is 0. The second-order valence-corrected chi connectivity index (χ2v) is 3.99. The molecule has 0 bridgehead atoms. The molecule has 4 nitrogen and oxygen atoms in total. The molecule has 0 aromatic heterocycles. The quantitative estimate of drug-likeness (QED) is 0.340. The van der Waals surface area contributed by atoms with Crippen LogP contribution in [0.3, 0.4) is 0 Å². The molecule has 0 unspecified atom stereocenters. The van der Waals surface area contributed by atoms with Crippen LogP contribution in [0.1, 0.15) is 19.3 Å². The maximum atomic E-state index is 10.3. The third kappa shape index (κ3) is 3.01. The molecule has 0 N–H and O–H groups in total. The molecule has 0 atom stereocenters. The Kier molecular flexibility index (Phi) is 4.54. The maximum Gasteiger partial charge on any atom is 1.00 e. The molecular weight excluding hydrogens is 177 g/mol. The molecule has 0 aliphatic heterocycles. The van der Waals surface area contributed by atoms with Gasteiger partial charge in [-0.25, -0.2) is 12.7 Å². The number of hydrogen-bond acceptors (Lipinski definition) is 3. The SMILES string of the molecule is CN(C1CCC1)S(=O)(=O)[O-].[Na+]. The van der Waals surface area contributed by atoms with Crippen LogP contribution < -0.4 is 29.6 Å². The fourth-order valence-electron chi connectivity index (χ4n) is 0.933. The van der Waals surface area contributed by atoms with Gasteiger partial charge in [0.2, 0.25) is 0 Å². The summed E-state index contributed by atoms with van der Waals surface area (Å²) in [6.07, 6.45) is 2.69. The Balaban J connectivity index is 0.000001000. The van der Waals surface area contributed by atoms with Crippen LogP contribution in [0.4, 0.5) is 0 Å². The van der Waals surface area contributed by atoms with Gasteiger partial charge in [-0.3, -0.25) is 0 Å². The van der Waals surface area contributed by atoms with E-state index >= 15 is 0 Å². The molecule has 1 rings (SSSR count). The van der Waals surface area contributed by atoms with Crippen LogP contribution in [-0.4, -0.2) is 30.4 Å². The van der Waals surface area contributed by atoms with E-state index in [2.05, 4.69) is 0 Å². The molecule has 6 heteroatoms. The molecule has 1 aliphatic rings. The zero-order valence-corrected chi connectivity index (χ0v) is 9.60. The van der Waals surface area contributed by atoms with Crippen molar-refractivity contribution in [3.63, 3.8) is 0 Å². The van der Waals surface area contributed by atoms with Crippen LogP contribution >= 0.6 is 0 Å². The predicted octanol–water partition coefficient (Wildman–Crippen LogP) is -3.07. The van der Waals surface area contributed by atoms with E-state index in [9.17, 15) is 13.0 Å². The van der Waals surface area contributed by atoms with Crippen LogP contribution in [0.25, 0.3) is 0 Å². The summed E-state index contributed by atoms with van der Waals surface area (Å²) in [6, 6.07) is -0.0255. The Morgan fingerprint density at radius 2 is 1.91 bits per heavy atom. The minimum atomic E-state index is -4.18. The Bertz CT molecular complexity index is 212. The molecule has 0 amide bonds. The standard InChI is InChI=1S/C5H11NO3S.Na/c1-6(10(7,8)9)5-3-2-4-5;/h5H,2-4H2,1H3,(H,7,8,9);/q;+1/p-1. The third-order valence-corrected chi connectivity index (χ3v) is 2.95. The first-order valence-electron chi connectivity index (χ1n) is 3.20. The van der Waals surface area contributed by atoms with Crippen molar-refractivity contribution in [2.24, 2.45) is 0 Å². The fraction of sp³-hybridized carbons (Fsp3) is 1.00. The van der Waals surface area contributed by atoms with E-state index in [1.807, 2.05) is 0 Å². The summed E-state index contributed by atoms with van der Waals surface area (Å²) in [5.41, 5.74) is 0. The largest absolute Gasteiger partial charge is 1.00 e. The van der Waals surface area contributed by atoms with Crippen LogP contribution in [0.15, 0.2) is 0 Å². The van der Waals surface area contributed by atoms with Crippen molar-refractivity contribution in [2.75, 3.05) is 7.05 Å². The van der Waals surface area contributed by atoms with Gasteiger partial charge < -0.3 is 4.55 Å². The van der Waals surface area contributed by atoms with E-state index < -0.39 is 10.3 Å². The average molecular weight is 187 g/mol. The van der Waals surface area contributed by atoms with Gasteiger partial charge in [-0.05, 0) is 12.8 Å². The van der Waals surface area contributed by atoms with E-state index in [1.165, 1.54) is 7.05 Å². The minimum absolute atomic E-state index is 0. The fourth-order valence-corrected chi connectivity index (χ4v) is 1.51. The molecule has 1 saturated carbocycles. The van der Waals surface area contributed by atoms with Crippen molar-refractivity contribution in [2.45, 2.75) is 25.3 Å². The Hall–Kier alpha value is 0.870. The number of nitrogens with zero attached hydrogens (tertiary/aromatic N) is 1. The molecule has 0 saturated heterocycles. The van der Waals surface area contributed by atoms with Gasteiger partial charge in [-0.2, -0.15) is 0 Å². The van der Waals surface area contributed by atoms with Crippen molar-refractivity contribution >= 4 is 10.3 Å². The molecule has 60 valence electrons. The Morgan fingerprint density at radius 1 is 1.45 bits per heavy atom. The van der Waals surface area contributed by atoms with Crippen molar-refractivity contribution in [3.8, 4) is 0 Å². The van der Waals surface area contributed by atoms with Gasteiger partial charge in [0, 0.05) is 13.1 Å². The topological polar surface area (TPSA) is 60.4 Å². The third-order valence-electron chi connectivity index (χ3n) is 1.94. The summed E-state index contributed by atoms with van der Waals surface area (Å²) in [5, 5.41) is 0. The van der Waals surface area contributed by atoms with Gasteiger partial charge in [-0.15, -0.1) is 0 Å². The van der Waals surface area contributed by atoms with Crippen LogP contribution in [0.5, 0.6) is 0 Å². The summed E-state index contributed by atoms with van der Waals surface area (Å²) in [6.45, 7) is 0. The summed E-state index contributed by atoms with van der Waals surface area (Å²) in [5.74, 6) is 0. The van der Waals surface area contributed by atoms with Crippen molar-refractivity contribution in [3.05, 3.63) is 0 Å². The Morgan fingerprint density at radius 3 is 2.00 bits per heavy atom. The van der Waals surface area contributed by atoms with E-state index in [-0.39, 0.29) is 35.6 Å². The molecule has 1 aliphatic carbocycles. The smallest absolute Gasteiger partial charge is 0.735 e. The number of rotatable bonds is 2. The summed E-state index contributed by atoms with van der Waals surface area (Å²) < 4.78 is 31.9. The zero-order valence-electron chi connectivity index (χ0n) is 6.78. The summed E-state index contributed by atoms with van der Waals surface area (Å²) in [7, 11) is -2.84. The van der Waals surface area contributed by atoms with E-state index in [1.54, 1.807) is 0 Å². The van der Waals surface area contributed by atoms with Gasteiger partial charge in [-0.1, -0.05) is 6.42 Å². The van der Waals surface area contributed by atoms with E-state index in [4.69, 9.17) is 0 Å². The van der Waals surface area contributed by atoms with Gasteiger partial charge in [0.05, 0.1) is 0 Å². The maximum absolute atomic E-state index is 10.3. The Labute approximate surface area is 89.1 Å². The molecular formula is C5H10NNaO3S. The van der Waals surface area contributed by atoms with Crippen LogP contribution in [0.2, 0.25) is 0 Å². The van der Waals surface area contributed by atoms with Crippen molar-refractivity contribution in [1.29, 1.82) is 0 Å². The number of hydrogen-bond donors (Lipinski definition) is 0. The van der Waals surface area contributed by atoms with Gasteiger partial charge in [0.25, 0.3) is 0 Å². The van der Waals surface area contributed by atoms with E-state index in [0.29, 0.717) is 0 Å². The second-order valence-electron chi connectivity index (χ2n) is 2.56. The second kappa shape index (κ2) is 4.20. The molecule has 0 aromatic carbocycles. The predicted molar refractivity (Wildman–Crippen MR) is 35.1 cm³/mol. The molecule has 0 spiro atoms. The van der Waals surface area contributed by atoms with Crippen molar-refractivity contribution in [1.82, 2.24) is 4.31 Å². The first-order chi connectivity index (χ1) is 4.52. The normalized spacial score (nSPS) is 19.2. The molecule has 1 fully saturated rings. The average Bonchev–Trinajstić information content (AvgIpc) is 1.57. The summed E-state index contributed by atoms with van der Waals surface area (Å²) in [4.78, 5) is 0. The molecule has 0 heterocycles. The first-order valence-corrected chi connectivity index (χ1v) is 4.57. The monoisotopic (exact) mass is 187 g/mol. The molecule has 11 heavy (non-hydrogen) atoms. The van der Waals surface area contributed by atoms with Gasteiger partial charge >= 0.3 is 29.6 Å². The molecule has 0 aromatic rings. The van der Waals surface area contributed by atoms with Gasteiger partial charge in [0.15, 0.2) is 10.3 Å². The van der Waals surface area contributed by atoms with Crippen molar-refractivity contribution < 1.29 is 42.5 Å². The van der Waals surface area contributed by atoms with Crippen LogP contribution in [-0.2, 0) is 10.3 Å². The minimum Gasteiger partial charge on any atom is -0.735 e. The zero-order chi connectivity index (χ0) is 7.78. The van der Waals surface area contributed by atoms with Crippen LogP contribution in [0, 0.1) is 0 Å². The molecule has 0 radical (unpaired) electrons.